The van der Waals surface area contributed by atoms with Crippen molar-refractivity contribution in [2.45, 2.75) is 76.6 Å². The number of aromatic nitrogens is 3. The van der Waals surface area contributed by atoms with Crippen molar-refractivity contribution < 1.29 is 40.7 Å². The zero-order valence-electron chi connectivity index (χ0n) is 21.9. The van der Waals surface area contributed by atoms with Crippen LogP contribution >= 0.6 is 11.6 Å². The number of pyridine rings is 1. The zero-order valence-corrected chi connectivity index (χ0v) is 23.5. The third-order valence-electron chi connectivity index (χ3n) is 6.22. The Morgan fingerprint density at radius 2 is 1.90 bits per heavy atom. The average molecular weight is 595 g/mol. The molecule has 0 fully saturated rings. The summed E-state index contributed by atoms with van der Waals surface area (Å²) < 4.78 is 79.0. The number of rotatable bonds is 10. The lowest BCUT2D eigenvalue weighted by molar-refractivity contribution is -0.257. The molecule has 0 saturated carbocycles. The number of nitrogens with zero attached hydrogens (tertiary/aromatic N) is 4. The standard InChI is InChI=1S/C24H30ClF3N4O6S/c1-5-31-14-19(22(25)30-31)39(35,36)32-13-15(7-8-20(33)37-6-2)9-17-18(32)10-16(12-29-17)11-21(34)38-23(3,4)24(26,27)28/h10,12,14-15H,5-9,11,13H2,1-4H3/t15-/m0/s1. The van der Waals surface area contributed by atoms with Crippen molar-refractivity contribution in [1.82, 2.24) is 14.8 Å². The van der Waals surface area contributed by atoms with Gasteiger partial charge in [0.05, 0.1) is 24.4 Å². The predicted octanol–water partition coefficient (Wildman–Crippen LogP) is 4.09. The monoisotopic (exact) mass is 594 g/mol. The highest BCUT2D eigenvalue weighted by molar-refractivity contribution is 7.93. The fraction of sp³-hybridized carbons (Fsp3) is 0.583. The summed E-state index contributed by atoms with van der Waals surface area (Å²) in [6.07, 6.45) is -2.01. The van der Waals surface area contributed by atoms with Crippen LogP contribution in [0.5, 0.6) is 0 Å². The molecular formula is C24H30ClF3N4O6S. The van der Waals surface area contributed by atoms with Gasteiger partial charge in [0.2, 0.25) is 5.60 Å². The molecular weight excluding hydrogens is 565 g/mol. The number of alkyl halides is 3. The number of sulfonamides is 1. The number of carbonyl (C=O) groups is 2. The highest BCUT2D eigenvalue weighted by atomic mass is 35.5. The minimum Gasteiger partial charge on any atom is -0.466 e. The van der Waals surface area contributed by atoms with E-state index in [0.29, 0.717) is 25.1 Å². The van der Waals surface area contributed by atoms with Crippen molar-refractivity contribution in [2.24, 2.45) is 5.92 Å². The maximum Gasteiger partial charge on any atom is 0.427 e. The Bertz CT molecular complexity index is 1330. The molecule has 2 aromatic rings. The molecule has 15 heteroatoms. The predicted molar refractivity (Wildman–Crippen MR) is 135 cm³/mol. The Hall–Kier alpha value is -2.87. The topological polar surface area (TPSA) is 121 Å². The van der Waals surface area contributed by atoms with E-state index in [-0.39, 0.29) is 46.8 Å². The molecule has 216 valence electrons. The van der Waals surface area contributed by atoms with Gasteiger partial charge in [-0.1, -0.05) is 11.6 Å². The molecule has 10 nitrogen and oxygen atoms in total. The maximum absolute atomic E-state index is 13.8. The second-order valence-corrected chi connectivity index (χ2v) is 11.7. The van der Waals surface area contributed by atoms with Crippen LogP contribution in [0.25, 0.3) is 0 Å². The van der Waals surface area contributed by atoms with Crippen molar-refractivity contribution in [3.05, 3.63) is 34.9 Å². The van der Waals surface area contributed by atoms with E-state index in [1.165, 1.54) is 23.1 Å². The van der Waals surface area contributed by atoms with Crippen LogP contribution in [0.1, 0.15) is 51.8 Å². The number of hydrogen-bond donors (Lipinski definition) is 0. The summed E-state index contributed by atoms with van der Waals surface area (Å²) in [5.41, 5.74) is -2.01. The lowest BCUT2D eigenvalue weighted by Gasteiger charge is -2.34. The molecule has 1 atom stereocenters. The summed E-state index contributed by atoms with van der Waals surface area (Å²) in [6, 6.07) is 1.39. The lowest BCUT2D eigenvalue weighted by atomic mass is 9.93. The van der Waals surface area contributed by atoms with Crippen LogP contribution in [-0.2, 0) is 48.5 Å². The first-order valence-electron chi connectivity index (χ1n) is 12.3. The van der Waals surface area contributed by atoms with Crippen LogP contribution in [0.15, 0.2) is 23.4 Å². The summed E-state index contributed by atoms with van der Waals surface area (Å²) in [5, 5.41) is 3.77. The largest absolute Gasteiger partial charge is 0.466 e. The van der Waals surface area contributed by atoms with Gasteiger partial charge in [0.1, 0.15) is 4.90 Å². The van der Waals surface area contributed by atoms with E-state index in [4.69, 9.17) is 16.3 Å². The number of ether oxygens (including phenoxy) is 2. The van der Waals surface area contributed by atoms with Gasteiger partial charge in [0.25, 0.3) is 10.0 Å². The molecule has 0 unspecified atom stereocenters. The fourth-order valence-electron chi connectivity index (χ4n) is 4.02. The normalized spacial score (nSPS) is 16.1. The van der Waals surface area contributed by atoms with E-state index in [1.54, 1.807) is 13.8 Å². The van der Waals surface area contributed by atoms with Crippen LogP contribution in [0.4, 0.5) is 18.9 Å². The van der Waals surface area contributed by atoms with Crippen LogP contribution in [0.2, 0.25) is 5.15 Å². The zero-order chi connectivity index (χ0) is 29.2. The molecule has 39 heavy (non-hydrogen) atoms. The minimum absolute atomic E-state index is 0.0287. The molecule has 0 radical (unpaired) electrons. The molecule has 0 aliphatic carbocycles. The third-order valence-corrected chi connectivity index (χ3v) is 8.39. The SMILES string of the molecule is CCOC(=O)CC[C@H]1Cc2ncc(CC(=O)OC(C)(C)C(F)(F)F)cc2N(S(=O)(=O)c2cn(CC)nc2Cl)C1. The van der Waals surface area contributed by atoms with E-state index >= 15 is 0 Å². The van der Waals surface area contributed by atoms with Crippen LogP contribution in [0, 0.1) is 5.92 Å². The molecule has 3 heterocycles. The summed E-state index contributed by atoms with van der Waals surface area (Å²) in [4.78, 5) is 28.3. The quantitative estimate of drug-likeness (QED) is 0.377. The number of anilines is 1. The molecule has 3 rings (SSSR count). The Morgan fingerprint density at radius 3 is 2.49 bits per heavy atom. The summed E-state index contributed by atoms with van der Waals surface area (Å²) >= 11 is 6.16. The Balaban J connectivity index is 1.95. The summed E-state index contributed by atoms with van der Waals surface area (Å²) in [5.74, 6) is -1.86. The number of carbonyl (C=O) groups excluding carboxylic acids is 2. The summed E-state index contributed by atoms with van der Waals surface area (Å²) in [6.45, 7) is 5.48. The number of aryl methyl sites for hydroxylation is 1. The molecule has 0 spiro atoms. The van der Waals surface area contributed by atoms with Gasteiger partial charge < -0.3 is 9.47 Å². The Labute approximate surface area is 229 Å². The maximum atomic E-state index is 13.8. The van der Waals surface area contributed by atoms with Crippen molar-refractivity contribution in [3.8, 4) is 0 Å². The molecule has 0 N–H and O–H groups in total. The van der Waals surface area contributed by atoms with Gasteiger partial charge in [0, 0.05) is 31.9 Å². The van der Waals surface area contributed by atoms with E-state index in [2.05, 4.69) is 14.8 Å². The molecule has 1 aliphatic rings. The molecule has 0 aromatic carbocycles. The lowest BCUT2D eigenvalue weighted by Crippen LogP contribution is -2.43. The van der Waals surface area contributed by atoms with Crippen molar-refractivity contribution in [3.63, 3.8) is 0 Å². The molecule has 1 aliphatic heterocycles. The van der Waals surface area contributed by atoms with Gasteiger partial charge in [-0.25, -0.2) is 8.42 Å². The molecule has 0 bridgehead atoms. The van der Waals surface area contributed by atoms with E-state index in [9.17, 15) is 31.2 Å². The van der Waals surface area contributed by atoms with Gasteiger partial charge in [-0.2, -0.15) is 18.3 Å². The van der Waals surface area contributed by atoms with Crippen LogP contribution in [-0.4, -0.2) is 60.0 Å². The van der Waals surface area contributed by atoms with Crippen LogP contribution in [0.3, 0.4) is 0 Å². The van der Waals surface area contributed by atoms with Gasteiger partial charge in [0.15, 0.2) is 5.15 Å². The second-order valence-electron chi connectivity index (χ2n) is 9.56. The van der Waals surface area contributed by atoms with Crippen molar-refractivity contribution in [2.75, 3.05) is 17.5 Å². The van der Waals surface area contributed by atoms with Gasteiger partial charge in [-0.15, -0.1) is 0 Å². The minimum atomic E-state index is -4.78. The number of esters is 2. The average Bonchev–Trinajstić information content (AvgIpc) is 3.23. The van der Waals surface area contributed by atoms with Gasteiger partial charge >= 0.3 is 18.1 Å². The van der Waals surface area contributed by atoms with Crippen LogP contribution < -0.4 is 4.31 Å². The first-order chi connectivity index (χ1) is 18.1. The number of halogens is 4. The van der Waals surface area contributed by atoms with Crippen molar-refractivity contribution >= 4 is 39.3 Å². The Kier molecular flexibility index (Phi) is 9.20. The number of hydrogen-bond acceptors (Lipinski definition) is 8. The third kappa shape index (κ3) is 7.02. The molecule has 2 aromatic heterocycles. The van der Waals surface area contributed by atoms with Gasteiger partial charge in [-0.3, -0.25) is 23.6 Å². The van der Waals surface area contributed by atoms with E-state index in [0.717, 1.165) is 18.2 Å². The van der Waals surface area contributed by atoms with Gasteiger partial charge in [-0.05, 0) is 58.1 Å². The smallest absolute Gasteiger partial charge is 0.427 e. The van der Waals surface area contributed by atoms with Crippen molar-refractivity contribution in [1.29, 1.82) is 0 Å². The summed E-state index contributed by atoms with van der Waals surface area (Å²) in [7, 11) is -4.27. The highest BCUT2D eigenvalue weighted by Crippen LogP contribution is 2.37. The van der Waals surface area contributed by atoms with E-state index in [1.807, 2.05) is 0 Å². The molecule has 0 amide bonds. The molecule has 0 saturated heterocycles. The first kappa shape index (κ1) is 30.7. The Morgan fingerprint density at radius 1 is 1.21 bits per heavy atom. The first-order valence-corrected chi connectivity index (χ1v) is 14.1. The number of fused-ring (bicyclic) bond motifs is 1. The van der Waals surface area contributed by atoms with E-state index < -0.39 is 40.2 Å². The fourth-order valence-corrected chi connectivity index (χ4v) is 6.03. The highest BCUT2D eigenvalue weighted by Gasteiger charge is 2.50. The second kappa shape index (κ2) is 11.7.